The maximum atomic E-state index is 12.8. The number of anilines is 3. The SMILES string of the molecule is CN1c2cc(C(F)(F)F)cnc2N2c3ccccc3CC12. The molecule has 0 radical (unpaired) electrons. The minimum atomic E-state index is -4.37. The molecule has 108 valence electrons. The fourth-order valence-corrected chi connectivity index (χ4v) is 3.14. The largest absolute Gasteiger partial charge is 0.417 e. The van der Waals surface area contributed by atoms with Crippen LogP contribution in [0.2, 0.25) is 0 Å². The highest BCUT2D eigenvalue weighted by atomic mass is 19.4. The zero-order chi connectivity index (χ0) is 14.8. The van der Waals surface area contributed by atoms with Gasteiger partial charge in [-0.05, 0) is 17.7 Å². The van der Waals surface area contributed by atoms with Gasteiger partial charge in [0.1, 0.15) is 6.17 Å². The van der Waals surface area contributed by atoms with E-state index in [1.54, 1.807) is 0 Å². The highest BCUT2D eigenvalue weighted by Crippen LogP contribution is 2.49. The summed E-state index contributed by atoms with van der Waals surface area (Å²) in [6, 6.07) is 9.12. The van der Waals surface area contributed by atoms with Crippen LogP contribution in [0.1, 0.15) is 11.1 Å². The van der Waals surface area contributed by atoms with Crippen molar-refractivity contribution in [3.63, 3.8) is 0 Å². The van der Waals surface area contributed by atoms with Gasteiger partial charge < -0.3 is 9.80 Å². The number of likely N-dealkylation sites (N-methyl/N-ethyl adjacent to an activating group) is 1. The Kier molecular flexibility index (Phi) is 2.32. The Labute approximate surface area is 119 Å². The number of hydrogen-bond acceptors (Lipinski definition) is 3. The molecule has 0 aliphatic carbocycles. The molecular formula is C15H12F3N3. The number of hydrogen-bond donors (Lipinski definition) is 0. The van der Waals surface area contributed by atoms with E-state index >= 15 is 0 Å². The molecule has 0 amide bonds. The zero-order valence-corrected chi connectivity index (χ0v) is 11.2. The molecule has 0 saturated carbocycles. The van der Waals surface area contributed by atoms with Crippen molar-refractivity contribution in [2.24, 2.45) is 0 Å². The number of rotatable bonds is 0. The Balaban J connectivity index is 1.86. The van der Waals surface area contributed by atoms with E-state index in [1.807, 2.05) is 41.1 Å². The molecule has 4 rings (SSSR count). The summed E-state index contributed by atoms with van der Waals surface area (Å²) in [4.78, 5) is 7.97. The molecule has 2 aliphatic rings. The number of alkyl halides is 3. The van der Waals surface area contributed by atoms with E-state index in [2.05, 4.69) is 4.98 Å². The molecule has 21 heavy (non-hydrogen) atoms. The van der Waals surface area contributed by atoms with Crippen molar-refractivity contribution in [3.05, 3.63) is 47.7 Å². The third-order valence-corrected chi connectivity index (χ3v) is 4.18. The van der Waals surface area contributed by atoms with E-state index in [-0.39, 0.29) is 6.17 Å². The van der Waals surface area contributed by atoms with Crippen LogP contribution in [0.3, 0.4) is 0 Å². The number of benzene rings is 1. The molecule has 0 saturated heterocycles. The first-order chi connectivity index (χ1) is 9.97. The summed E-state index contributed by atoms with van der Waals surface area (Å²) in [6.07, 6.45) is -2.66. The minimum Gasteiger partial charge on any atom is -0.351 e. The van der Waals surface area contributed by atoms with Gasteiger partial charge in [-0.2, -0.15) is 13.2 Å². The predicted octanol–water partition coefficient (Wildman–Crippen LogP) is 3.57. The Bertz CT molecular complexity index is 726. The van der Waals surface area contributed by atoms with E-state index < -0.39 is 11.7 Å². The van der Waals surface area contributed by atoms with Crippen molar-refractivity contribution in [2.45, 2.75) is 18.8 Å². The lowest BCUT2D eigenvalue weighted by atomic mass is 10.1. The van der Waals surface area contributed by atoms with Crippen molar-refractivity contribution in [3.8, 4) is 0 Å². The van der Waals surface area contributed by atoms with Crippen LogP contribution in [0.5, 0.6) is 0 Å². The van der Waals surface area contributed by atoms with Crippen LogP contribution < -0.4 is 9.80 Å². The molecule has 0 fully saturated rings. The highest BCUT2D eigenvalue weighted by Gasteiger charge is 2.43. The van der Waals surface area contributed by atoms with Crippen LogP contribution in [-0.4, -0.2) is 18.2 Å². The summed E-state index contributed by atoms with van der Waals surface area (Å²) >= 11 is 0. The average molecular weight is 291 g/mol. The smallest absolute Gasteiger partial charge is 0.351 e. The zero-order valence-electron chi connectivity index (χ0n) is 11.2. The van der Waals surface area contributed by atoms with E-state index in [0.29, 0.717) is 11.5 Å². The van der Waals surface area contributed by atoms with Crippen LogP contribution in [0.4, 0.5) is 30.4 Å². The second kappa shape index (κ2) is 3.90. The Morgan fingerprint density at radius 1 is 1.19 bits per heavy atom. The maximum absolute atomic E-state index is 12.8. The summed E-state index contributed by atoms with van der Waals surface area (Å²) in [5.74, 6) is 0.598. The lowest BCUT2D eigenvalue weighted by Crippen LogP contribution is -2.36. The second-order valence-electron chi connectivity index (χ2n) is 5.36. The molecule has 1 atom stereocenters. The number of pyridine rings is 1. The lowest BCUT2D eigenvalue weighted by molar-refractivity contribution is -0.137. The standard InChI is InChI=1S/C15H12F3N3/c1-20-12-7-10(15(16,17)18)8-19-14(12)21-11-5-3-2-4-9(11)6-13(20)21/h2-5,7-8,13H,6H2,1H3. The van der Waals surface area contributed by atoms with Crippen LogP contribution >= 0.6 is 0 Å². The van der Waals surface area contributed by atoms with E-state index in [0.717, 1.165) is 18.3 Å². The molecule has 1 unspecified atom stereocenters. The fourth-order valence-electron chi connectivity index (χ4n) is 3.14. The Morgan fingerprint density at radius 2 is 1.95 bits per heavy atom. The van der Waals surface area contributed by atoms with Gasteiger partial charge in [-0.1, -0.05) is 18.2 Å². The van der Waals surface area contributed by atoms with Crippen molar-refractivity contribution < 1.29 is 13.2 Å². The molecule has 0 bridgehead atoms. The maximum Gasteiger partial charge on any atom is 0.417 e. The van der Waals surface area contributed by atoms with Gasteiger partial charge in [-0.25, -0.2) is 4.98 Å². The number of aromatic nitrogens is 1. The molecule has 2 aliphatic heterocycles. The Morgan fingerprint density at radius 3 is 2.71 bits per heavy atom. The Hall–Kier alpha value is -2.24. The molecule has 3 heterocycles. The van der Waals surface area contributed by atoms with Gasteiger partial charge in [-0.3, -0.25) is 0 Å². The second-order valence-corrected chi connectivity index (χ2v) is 5.36. The number of fused-ring (bicyclic) bond motifs is 5. The average Bonchev–Trinajstić information content (AvgIpc) is 2.95. The van der Waals surface area contributed by atoms with E-state index in [4.69, 9.17) is 0 Å². The van der Waals surface area contributed by atoms with Crippen molar-refractivity contribution >= 4 is 17.2 Å². The van der Waals surface area contributed by atoms with Crippen LogP contribution in [0.25, 0.3) is 0 Å². The lowest BCUT2D eigenvalue weighted by Gasteiger charge is -2.23. The molecule has 0 spiro atoms. The first-order valence-electron chi connectivity index (χ1n) is 6.64. The summed E-state index contributed by atoms with van der Waals surface area (Å²) < 4.78 is 38.5. The van der Waals surface area contributed by atoms with Crippen molar-refractivity contribution in [1.82, 2.24) is 4.98 Å². The summed E-state index contributed by atoms with van der Waals surface area (Å²) in [5.41, 5.74) is 2.05. The number of halogens is 3. The molecule has 1 aromatic heterocycles. The number of para-hydroxylation sites is 1. The van der Waals surface area contributed by atoms with Gasteiger partial charge in [-0.15, -0.1) is 0 Å². The van der Waals surface area contributed by atoms with Gasteiger partial charge in [0.15, 0.2) is 5.82 Å². The van der Waals surface area contributed by atoms with Crippen LogP contribution in [-0.2, 0) is 12.6 Å². The van der Waals surface area contributed by atoms with Crippen LogP contribution in [0, 0.1) is 0 Å². The monoisotopic (exact) mass is 291 g/mol. The van der Waals surface area contributed by atoms with Crippen LogP contribution in [0.15, 0.2) is 36.5 Å². The number of nitrogens with zero attached hydrogens (tertiary/aromatic N) is 3. The molecule has 0 N–H and O–H groups in total. The van der Waals surface area contributed by atoms with Crippen molar-refractivity contribution in [1.29, 1.82) is 0 Å². The first kappa shape index (κ1) is 12.5. The highest BCUT2D eigenvalue weighted by molar-refractivity contribution is 5.84. The first-order valence-corrected chi connectivity index (χ1v) is 6.64. The van der Waals surface area contributed by atoms with Gasteiger partial charge in [0, 0.05) is 25.4 Å². The van der Waals surface area contributed by atoms with Gasteiger partial charge in [0.2, 0.25) is 0 Å². The topological polar surface area (TPSA) is 19.4 Å². The third-order valence-electron chi connectivity index (χ3n) is 4.18. The molecular weight excluding hydrogens is 279 g/mol. The minimum absolute atomic E-state index is 0.00776. The van der Waals surface area contributed by atoms with Gasteiger partial charge >= 0.3 is 6.18 Å². The summed E-state index contributed by atoms with van der Waals surface area (Å²) in [5, 5.41) is 0. The third kappa shape index (κ3) is 1.65. The fraction of sp³-hybridized carbons (Fsp3) is 0.267. The normalized spacial score (nSPS) is 19.5. The van der Waals surface area contributed by atoms with Crippen molar-refractivity contribution in [2.75, 3.05) is 16.8 Å². The van der Waals surface area contributed by atoms with E-state index in [1.165, 1.54) is 11.6 Å². The van der Waals surface area contributed by atoms with Gasteiger partial charge in [0.05, 0.1) is 11.3 Å². The molecule has 1 aromatic carbocycles. The molecule has 6 heteroatoms. The quantitative estimate of drug-likeness (QED) is 0.739. The summed E-state index contributed by atoms with van der Waals surface area (Å²) in [7, 11) is 1.82. The van der Waals surface area contributed by atoms with Gasteiger partial charge in [0.25, 0.3) is 0 Å². The molecule has 3 nitrogen and oxygen atoms in total. The molecule has 2 aromatic rings. The summed E-state index contributed by atoms with van der Waals surface area (Å²) in [6.45, 7) is 0. The van der Waals surface area contributed by atoms with E-state index in [9.17, 15) is 13.2 Å². The predicted molar refractivity (Wildman–Crippen MR) is 73.7 cm³/mol.